The van der Waals surface area contributed by atoms with Gasteiger partial charge in [-0.3, -0.25) is 4.90 Å². The van der Waals surface area contributed by atoms with Crippen LogP contribution in [0.15, 0.2) is 28.7 Å². The Morgan fingerprint density at radius 3 is 2.40 bits per heavy atom. The highest BCUT2D eigenvalue weighted by Crippen LogP contribution is 2.12. The van der Waals surface area contributed by atoms with Crippen molar-refractivity contribution in [2.75, 3.05) is 19.0 Å². The van der Waals surface area contributed by atoms with Crippen LogP contribution in [0.1, 0.15) is 18.9 Å². The smallest absolute Gasteiger partial charge is 0.0351 e. The van der Waals surface area contributed by atoms with E-state index in [1.54, 1.807) is 0 Å². The van der Waals surface area contributed by atoms with Crippen LogP contribution >= 0.6 is 27.5 Å². The second kappa shape index (κ2) is 7.26. The summed E-state index contributed by atoms with van der Waals surface area (Å²) in [6.45, 7) is 5.27. The van der Waals surface area contributed by atoms with Gasteiger partial charge in [0.15, 0.2) is 0 Å². The zero-order valence-corrected chi connectivity index (χ0v) is 11.4. The van der Waals surface area contributed by atoms with Crippen LogP contribution in [-0.2, 0) is 6.54 Å². The van der Waals surface area contributed by atoms with Gasteiger partial charge < -0.3 is 0 Å². The number of rotatable bonds is 6. The van der Waals surface area contributed by atoms with Crippen LogP contribution in [-0.4, -0.2) is 23.9 Å². The third-order valence-electron chi connectivity index (χ3n) is 2.26. The Kier molecular flexibility index (Phi) is 6.30. The first-order chi connectivity index (χ1) is 7.26. The maximum Gasteiger partial charge on any atom is 0.0351 e. The second-order valence-corrected chi connectivity index (χ2v) is 4.89. The van der Waals surface area contributed by atoms with Gasteiger partial charge >= 0.3 is 0 Å². The molecule has 1 nitrogen and oxygen atoms in total. The molecule has 0 bridgehead atoms. The molecule has 0 amide bonds. The number of hydrogen-bond acceptors (Lipinski definition) is 1. The molecule has 0 saturated carbocycles. The molecule has 1 aromatic carbocycles. The minimum Gasteiger partial charge on any atom is -0.298 e. The second-order valence-electron chi connectivity index (χ2n) is 3.59. The van der Waals surface area contributed by atoms with Crippen molar-refractivity contribution in [3.63, 3.8) is 0 Å². The highest BCUT2D eigenvalue weighted by Gasteiger charge is 2.03. The lowest BCUT2D eigenvalue weighted by Gasteiger charge is -2.20. The molecule has 3 heteroatoms. The average Bonchev–Trinajstić information content (AvgIpc) is 2.22. The summed E-state index contributed by atoms with van der Waals surface area (Å²) in [6.07, 6.45) is 1.17. The molecule has 0 aliphatic heterocycles. The molecule has 0 saturated heterocycles. The van der Waals surface area contributed by atoms with Crippen molar-refractivity contribution >= 4 is 27.5 Å². The fourth-order valence-corrected chi connectivity index (χ4v) is 2.06. The Bertz CT molecular complexity index is 267. The third-order valence-corrected chi connectivity index (χ3v) is 2.96. The van der Waals surface area contributed by atoms with Crippen LogP contribution in [0, 0.1) is 0 Å². The van der Waals surface area contributed by atoms with Crippen LogP contribution in [0.2, 0.25) is 0 Å². The quantitative estimate of drug-likeness (QED) is 0.718. The van der Waals surface area contributed by atoms with Gasteiger partial charge in [-0.1, -0.05) is 35.0 Å². The number of benzene rings is 1. The van der Waals surface area contributed by atoms with Crippen molar-refractivity contribution < 1.29 is 0 Å². The van der Waals surface area contributed by atoms with E-state index in [0.29, 0.717) is 5.88 Å². The molecule has 0 fully saturated rings. The van der Waals surface area contributed by atoms with Crippen LogP contribution in [0.25, 0.3) is 0 Å². The van der Waals surface area contributed by atoms with Gasteiger partial charge in [0.1, 0.15) is 0 Å². The summed E-state index contributed by atoms with van der Waals surface area (Å²) >= 11 is 9.21. The topological polar surface area (TPSA) is 3.24 Å². The molecule has 0 atom stereocenters. The molecule has 0 radical (unpaired) electrons. The number of halogens is 2. The molecule has 1 rings (SSSR count). The summed E-state index contributed by atoms with van der Waals surface area (Å²) < 4.78 is 1.13. The number of hydrogen-bond donors (Lipinski definition) is 0. The fourth-order valence-electron chi connectivity index (χ4n) is 1.55. The third kappa shape index (κ3) is 5.01. The molecular formula is C12H17BrClN. The minimum absolute atomic E-state index is 0.705. The SMILES string of the molecule is CCCN(CCCl)Cc1ccc(Br)cc1. The normalized spacial score (nSPS) is 10.9. The van der Waals surface area contributed by atoms with Crippen LogP contribution in [0.3, 0.4) is 0 Å². The number of alkyl halides is 1. The molecule has 0 aliphatic carbocycles. The van der Waals surface area contributed by atoms with Gasteiger partial charge in [0.25, 0.3) is 0 Å². The van der Waals surface area contributed by atoms with E-state index < -0.39 is 0 Å². The van der Waals surface area contributed by atoms with Gasteiger partial charge in [0, 0.05) is 23.4 Å². The monoisotopic (exact) mass is 289 g/mol. The Labute approximate surface area is 106 Å². The van der Waals surface area contributed by atoms with Crippen LogP contribution in [0.4, 0.5) is 0 Å². The standard InChI is InChI=1S/C12H17BrClN/c1-2-8-15(9-7-14)10-11-3-5-12(13)6-4-11/h3-6H,2,7-10H2,1H3. The summed E-state index contributed by atoms with van der Waals surface area (Å²) in [5.74, 6) is 0.705. The van der Waals surface area contributed by atoms with Crippen molar-refractivity contribution in [3.8, 4) is 0 Å². The van der Waals surface area contributed by atoms with E-state index in [1.165, 1.54) is 12.0 Å². The molecule has 0 aliphatic rings. The van der Waals surface area contributed by atoms with Gasteiger partial charge in [-0.05, 0) is 30.7 Å². The highest BCUT2D eigenvalue weighted by atomic mass is 79.9. The predicted octanol–water partition coefficient (Wildman–Crippen LogP) is 3.90. The first kappa shape index (κ1) is 13.0. The lowest BCUT2D eigenvalue weighted by atomic mass is 10.2. The van der Waals surface area contributed by atoms with E-state index in [0.717, 1.165) is 24.1 Å². The van der Waals surface area contributed by atoms with E-state index in [4.69, 9.17) is 11.6 Å². The molecule has 1 aromatic rings. The zero-order valence-electron chi connectivity index (χ0n) is 9.05. The van der Waals surface area contributed by atoms with E-state index in [9.17, 15) is 0 Å². The molecule has 15 heavy (non-hydrogen) atoms. The summed E-state index contributed by atoms with van der Waals surface area (Å²) in [6, 6.07) is 8.47. The zero-order chi connectivity index (χ0) is 11.1. The van der Waals surface area contributed by atoms with Gasteiger partial charge in [0.2, 0.25) is 0 Å². The summed E-state index contributed by atoms with van der Waals surface area (Å²) in [4.78, 5) is 2.39. The van der Waals surface area contributed by atoms with E-state index in [-0.39, 0.29) is 0 Å². The first-order valence-electron chi connectivity index (χ1n) is 5.29. The minimum atomic E-state index is 0.705. The van der Waals surface area contributed by atoms with Crippen LogP contribution in [0.5, 0.6) is 0 Å². The Balaban J connectivity index is 2.53. The molecule has 0 N–H and O–H groups in total. The lowest BCUT2D eigenvalue weighted by Crippen LogP contribution is -2.26. The summed E-state index contributed by atoms with van der Waals surface area (Å²) in [5, 5.41) is 0. The highest BCUT2D eigenvalue weighted by molar-refractivity contribution is 9.10. The predicted molar refractivity (Wildman–Crippen MR) is 70.4 cm³/mol. The molecule has 0 heterocycles. The summed E-state index contributed by atoms with van der Waals surface area (Å²) in [7, 11) is 0. The lowest BCUT2D eigenvalue weighted by molar-refractivity contribution is 0.282. The fraction of sp³-hybridized carbons (Fsp3) is 0.500. The maximum absolute atomic E-state index is 5.77. The van der Waals surface area contributed by atoms with Gasteiger partial charge in [0.05, 0.1) is 0 Å². The summed E-state index contributed by atoms with van der Waals surface area (Å²) in [5.41, 5.74) is 1.34. The largest absolute Gasteiger partial charge is 0.298 e. The van der Waals surface area contributed by atoms with Crippen molar-refractivity contribution in [2.45, 2.75) is 19.9 Å². The maximum atomic E-state index is 5.77. The Hall–Kier alpha value is -0.0500. The average molecular weight is 291 g/mol. The van der Waals surface area contributed by atoms with Crippen LogP contribution < -0.4 is 0 Å². The first-order valence-corrected chi connectivity index (χ1v) is 6.61. The van der Waals surface area contributed by atoms with Crippen molar-refractivity contribution in [2.24, 2.45) is 0 Å². The molecule has 0 spiro atoms. The molecular weight excluding hydrogens is 273 g/mol. The van der Waals surface area contributed by atoms with E-state index in [1.807, 2.05) is 0 Å². The van der Waals surface area contributed by atoms with E-state index in [2.05, 4.69) is 52.0 Å². The Morgan fingerprint density at radius 1 is 1.20 bits per heavy atom. The van der Waals surface area contributed by atoms with Gasteiger partial charge in [-0.15, -0.1) is 11.6 Å². The van der Waals surface area contributed by atoms with Crippen molar-refractivity contribution in [1.82, 2.24) is 4.90 Å². The number of nitrogens with zero attached hydrogens (tertiary/aromatic N) is 1. The Morgan fingerprint density at radius 2 is 1.87 bits per heavy atom. The molecule has 0 unspecified atom stereocenters. The molecule has 0 aromatic heterocycles. The van der Waals surface area contributed by atoms with Crippen molar-refractivity contribution in [3.05, 3.63) is 34.3 Å². The van der Waals surface area contributed by atoms with Gasteiger partial charge in [-0.2, -0.15) is 0 Å². The van der Waals surface area contributed by atoms with Gasteiger partial charge in [-0.25, -0.2) is 0 Å². The van der Waals surface area contributed by atoms with E-state index >= 15 is 0 Å². The molecule has 84 valence electrons. The van der Waals surface area contributed by atoms with Crippen molar-refractivity contribution in [1.29, 1.82) is 0 Å².